The summed E-state index contributed by atoms with van der Waals surface area (Å²) in [6, 6.07) is 6.41. The van der Waals surface area contributed by atoms with E-state index in [1.165, 1.54) is 18.2 Å². The molecule has 2 rings (SSSR count). The first kappa shape index (κ1) is 20.0. The van der Waals surface area contributed by atoms with Gasteiger partial charge in [0.05, 0.1) is 16.7 Å². The topological polar surface area (TPSA) is 108 Å². The third-order valence-corrected chi connectivity index (χ3v) is 4.51. The average Bonchev–Trinajstić information content (AvgIpc) is 3.43. The number of nitrogens with one attached hydrogen (secondary N) is 2. The Morgan fingerprint density at radius 1 is 1.35 bits per heavy atom. The van der Waals surface area contributed by atoms with Crippen molar-refractivity contribution in [3.8, 4) is 6.07 Å². The Labute approximate surface area is 160 Å². The molecular formula is C17H17Cl2N3O4. The van der Waals surface area contributed by atoms with Crippen molar-refractivity contribution in [1.82, 2.24) is 10.6 Å². The maximum Gasteiger partial charge on any atom is 0.325 e. The molecule has 0 bridgehead atoms. The summed E-state index contributed by atoms with van der Waals surface area (Å²) in [4.78, 5) is 35.5. The predicted octanol–water partition coefficient (Wildman–Crippen LogP) is 2.07. The molecule has 9 heteroatoms. The molecule has 0 unspecified atom stereocenters. The van der Waals surface area contributed by atoms with E-state index in [0.29, 0.717) is 5.02 Å². The normalized spacial score (nSPS) is 15.3. The molecule has 0 aromatic heterocycles. The first-order valence-corrected chi connectivity index (χ1v) is 8.62. The van der Waals surface area contributed by atoms with E-state index >= 15 is 0 Å². The first-order valence-electron chi connectivity index (χ1n) is 7.86. The number of esters is 1. The Morgan fingerprint density at radius 2 is 2.04 bits per heavy atom. The van der Waals surface area contributed by atoms with Crippen molar-refractivity contribution in [1.29, 1.82) is 5.26 Å². The highest BCUT2D eigenvalue weighted by atomic mass is 35.5. The number of nitriles is 1. The van der Waals surface area contributed by atoms with Crippen LogP contribution in [0, 0.1) is 17.2 Å². The summed E-state index contributed by atoms with van der Waals surface area (Å²) in [5.41, 5.74) is -0.793. The van der Waals surface area contributed by atoms with Gasteiger partial charge in [0.2, 0.25) is 0 Å². The zero-order chi connectivity index (χ0) is 19.3. The third-order valence-electron chi connectivity index (χ3n) is 3.96. The summed E-state index contributed by atoms with van der Waals surface area (Å²) in [5.74, 6) is -1.81. The van der Waals surface area contributed by atoms with Gasteiger partial charge in [-0.1, -0.05) is 23.2 Å². The summed E-state index contributed by atoms with van der Waals surface area (Å²) in [6.07, 6.45) is 1.76. The third kappa shape index (κ3) is 5.35. The molecule has 2 N–H and O–H groups in total. The van der Waals surface area contributed by atoms with Crippen molar-refractivity contribution < 1.29 is 19.1 Å². The number of ether oxygens (including phenoxy) is 1. The van der Waals surface area contributed by atoms with Crippen molar-refractivity contribution in [3.63, 3.8) is 0 Å². The number of halogens is 2. The van der Waals surface area contributed by atoms with Gasteiger partial charge in [0.1, 0.15) is 12.1 Å². The van der Waals surface area contributed by atoms with E-state index < -0.39 is 36.5 Å². The number of carbonyl (C=O) groups excluding carboxylic acids is 3. The zero-order valence-electron chi connectivity index (χ0n) is 14.0. The Morgan fingerprint density at radius 3 is 2.62 bits per heavy atom. The van der Waals surface area contributed by atoms with Gasteiger partial charge >= 0.3 is 5.97 Å². The van der Waals surface area contributed by atoms with E-state index in [1.807, 2.05) is 0 Å². The summed E-state index contributed by atoms with van der Waals surface area (Å²) in [6.45, 7) is 0.685. The van der Waals surface area contributed by atoms with Crippen LogP contribution in [0.2, 0.25) is 10.0 Å². The predicted molar refractivity (Wildman–Crippen MR) is 94.6 cm³/mol. The van der Waals surface area contributed by atoms with E-state index in [9.17, 15) is 19.6 Å². The molecule has 0 aliphatic heterocycles. The van der Waals surface area contributed by atoms with Crippen molar-refractivity contribution in [2.75, 3.05) is 13.2 Å². The second-order valence-corrected chi connectivity index (χ2v) is 6.95. The SMILES string of the molecule is C[C@@](C#N)(NC(=O)COC(=O)CNC(=O)c1ccc(Cl)cc1Cl)C1CC1. The van der Waals surface area contributed by atoms with Crippen molar-refractivity contribution in [2.24, 2.45) is 5.92 Å². The number of nitrogens with zero attached hydrogens (tertiary/aromatic N) is 1. The quantitative estimate of drug-likeness (QED) is 0.684. The minimum atomic E-state index is -0.955. The molecule has 1 aliphatic carbocycles. The second kappa shape index (κ2) is 8.39. The molecule has 0 radical (unpaired) electrons. The molecule has 7 nitrogen and oxygen atoms in total. The van der Waals surface area contributed by atoms with E-state index in [1.54, 1.807) is 6.92 Å². The van der Waals surface area contributed by atoms with Crippen LogP contribution in [-0.2, 0) is 14.3 Å². The molecular weight excluding hydrogens is 381 g/mol. The average molecular weight is 398 g/mol. The van der Waals surface area contributed by atoms with Crippen LogP contribution in [-0.4, -0.2) is 36.5 Å². The van der Waals surface area contributed by atoms with Gasteiger partial charge in [-0.2, -0.15) is 5.26 Å². The van der Waals surface area contributed by atoms with Gasteiger partial charge in [0.25, 0.3) is 11.8 Å². The van der Waals surface area contributed by atoms with Crippen LogP contribution in [0.25, 0.3) is 0 Å². The number of amides is 2. The number of hydrogen-bond donors (Lipinski definition) is 2. The van der Waals surface area contributed by atoms with Gasteiger partial charge in [-0.3, -0.25) is 14.4 Å². The maximum atomic E-state index is 12.0. The van der Waals surface area contributed by atoms with E-state index in [4.69, 9.17) is 27.9 Å². The summed E-state index contributed by atoms with van der Waals surface area (Å²) in [7, 11) is 0. The van der Waals surface area contributed by atoms with Crippen LogP contribution in [0.3, 0.4) is 0 Å². The number of benzene rings is 1. The van der Waals surface area contributed by atoms with Crippen molar-refractivity contribution in [3.05, 3.63) is 33.8 Å². The maximum absolute atomic E-state index is 12.0. The standard InChI is InChI=1S/C17H17Cl2N3O4/c1-17(9-20,10-2-3-10)22-14(23)8-26-15(24)7-21-16(25)12-5-4-11(18)6-13(12)19/h4-6,10H,2-3,7-8H2,1H3,(H,21,25)(H,22,23)/t17-/m0/s1. The molecule has 0 spiro atoms. The molecule has 0 saturated heterocycles. The van der Waals surface area contributed by atoms with Crippen LogP contribution in [0.1, 0.15) is 30.1 Å². The Hall–Kier alpha value is -2.30. The van der Waals surface area contributed by atoms with Gasteiger partial charge in [-0.15, -0.1) is 0 Å². The fourth-order valence-electron chi connectivity index (χ4n) is 2.33. The highest BCUT2D eigenvalue weighted by molar-refractivity contribution is 6.36. The molecule has 138 valence electrons. The lowest BCUT2D eigenvalue weighted by Gasteiger charge is -2.22. The molecule has 1 fully saturated rings. The molecule has 0 heterocycles. The monoisotopic (exact) mass is 397 g/mol. The Balaban J connectivity index is 1.75. The smallest absolute Gasteiger partial charge is 0.325 e. The molecule has 1 aromatic carbocycles. The van der Waals surface area contributed by atoms with Crippen molar-refractivity contribution >= 4 is 41.0 Å². The number of carbonyl (C=O) groups is 3. The number of hydrogen-bond acceptors (Lipinski definition) is 5. The summed E-state index contributed by atoms with van der Waals surface area (Å²) < 4.78 is 4.80. The highest BCUT2D eigenvalue weighted by Crippen LogP contribution is 2.39. The molecule has 1 aliphatic rings. The highest BCUT2D eigenvalue weighted by Gasteiger charge is 2.43. The van der Waals surface area contributed by atoms with Crippen molar-refractivity contribution in [2.45, 2.75) is 25.3 Å². The number of rotatable bonds is 7. The van der Waals surface area contributed by atoms with E-state index in [-0.39, 0.29) is 16.5 Å². The van der Waals surface area contributed by atoms with Gasteiger partial charge in [0, 0.05) is 5.02 Å². The van der Waals surface area contributed by atoms with Gasteiger partial charge in [-0.25, -0.2) is 0 Å². The van der Waals surface area contributed by atoms with Gasteiger partial charge in [0.15, 0.2) is 6.61 Å². The molecule has 1 saturated carbocycles. The fourth-order valence-corrected chi connectivity index (χ4v) is 2.82. The lowest BCUT2D eigenvalue weighted by atomic mass is 9.98. The first-order chi connectivity index (χ1) is 12.2. The van der Waals surface area contributed by atoms with E-state index in [0.717, 1.165) is 12.8 Å². The largest absolute Gasteiger partial charge is 0.454 e. The Kier molecular flexibility index (Phi) is 6.46. The summed E-state index contributed by atoms with van der Waals surface area (Å²) in [5, 5.41) is 14.6. The summed E-state index contributed by atoms with van der Waals surface area (Å²) >= 11 is 11.7. The minimum Gasteiger partial charge on any atom is -0.454 e. The van der Waals surface area contributed by atoms with Gasteiger partial charge in [-0.05, 0) is 43.9 Å². The minimum absolute atomic E-state index is 0.121. The van der Waals surface area contributed by atoms with Gasteiger partial charge < -0.3 is 15.4 Å². The van der Waals surface area contributed by atoms with Crippen LogP contribution in [0.15, 0.2) is 18.2 Å². The lowest BCUT2D eigenvalue weighted by molar-refractivity contribution is -0.147. The molecule has 1 aromatic rings. The molecule has 26 heavy (non-hydrogen) atoms. The molecule has 1 atom stereocenters. The van der Waals surface area contributed by atoms with Crippen LogP contribution in [0.4, 0.5) is 0 Å². The fraction of sp³-hybridized carbons (Fsp3) is 0.412. The van der Waals surface area contributed by atoms with Crippen LogP contribution < -0.4 is 10.6 Å². The Bertz CT molecular complexity index is 774. The van der Waals surface area contributed by atoms with Crippen LogP contribution in [0.5, 0.6) is 0 Å². The lowest BCUT2D eigenvalue weighted by Crippen LogP contribution is -2.48. The zero-order valence-corrected chi connectivity index (χ0v) is 15.5. The molecule has 2 amide bonds. The second-order valence-electron chi connectivity index (χ2n) is 6.10. The van der Waals surface area contributed by atoms with Crippen LogP contribution >= 0.6 is 23.2 Å². The van der Waals surface area contributed by atoms with E-state index in [2.05, 4.69) is 16.7 Å².